The van der Waals surface area contributed by atoms with Crippen LogP contribution in [-0.4, -0.2) is 5.78 Å². The van der Waals surface area contributed by atoms with Gasteiger partial charge in [-0.05, 0) is 17.7 Å². The monoisotopic (exact) mass is 300 g/mol. The number of nitrogens with zero attached hydrogens (tertiary/aromatic N) is 1. The van der Waals surface area contributed by atoms with Crippen molar-refractivity contribution in [3.8, 4) is 0 Å². The van der Waals surface area contributed by atoms with Gasteiger partial charge >= 0.3 is 0 Å². The van der Waals surface area contributed by atoms with Crippen LogP contribution in [-0.2, 0) is 6.54 Å². The summed E-state index contributed by atoms with van der Waals surface area (Å²) in [4.78, 5) is 12.7. The van der Waals surface area contributed by atoms with Crippen molar-refractivity contribution in [2.75, 3.05) is 0 Å². The predicted octanol–water partition coefficient (Wildman–Crippen LogP) is 3.92. The van der Waals surface area contributed by atoms with Crippen molar-refractivity contribution in [2.45, 2.75) is 6.54 Å². The van der Waals surface area contributed by atoms with Gasteiger partial charge in [-0.1, -0.05) is 66.7 Å². The minimum absolute atomic E-state index is 0.0410. The zero-order chi connectivity index (χ0) is 15.9. The lowest BCUT2D eigenvalue weighted by Crippen LogP contribution is -2.39. The van der Waals surface area contributed by atoms with E-state index in [1.165, 1.54) is 0 Å². The molecule has 2 nitrogen and oxygen atoms in total. The Kier molecular flexibility index (Phi) is 4.75. The number of pyridine rings is 1. The van der Waals surface area contributed by atoms with Gasteiger partial charge in [0.1, 0.15) is 0 Å². The van der Waals surface area contributed by atoms with E-state index < -0.39 is 0 Å². The number of benzene rings is 2. The first-order valence-electron chi connectivity index (χ1n) is 7.64. The summed E-state index contributed by atoms with van der Waals surface area (Å²) in [5.41, 5.74) is 2.55. The van der Waals surface area contributed by atoms with Crippen LogP contribution in [0.2, 0.25) is 0 Å². The van der Waals surface area contributed by atoms with Gasteiger partial charge in [-0.15, -0.1) is 0 Å². The van der Waals surface area contributed by atoms with Gasteiger partial charge < -0.3 is 0 Å². The molecule has 0 aliphatic heterocycles. The van der Waals surface area contributed by atoms with Crippen LogP contribution >= 0.6 is 0 Å². The summed E-state index contributed by atoms with van der Waals surface area (Å²) in [5, 5.41) is 0. The highest BCUT2D eigenvalue weighted by Gasteiger charge is 2.18. The molecule has 0 spiro atoms. The first kappa shape index (κ1) is 14.9. The maximum absolute atomic E-state index is 12.7. The number of carbonyl (C=O) groups is 1. The smallest absolute Gasteiger partial charge is 0.256 e. The average Bonchev–Trinajstić information content (AvgIpc) is 2.63. The third-order valence-electron chi connectivity index (χ3n) is 3.62. The number of rotatable bonds is 5. The number of aromatic nitrogens is 1. The van der Waals surface area contributed by atoms with Gasteiger partial charge in [-0.3, -0.25) is 4.79 Å². The maximum atomic E-state index is 12.7. The molecular formula is C21H18NO+. The summed E-state index contributed by atoms with van der Waals surface area (Å²) >= 11 is 0. The van der Waals surface area contributed by atoms with Crippen molar-refractivity contribution in [1.29, 1.82) is 0 Å². The average molecular weight is 300 g/mol. The summed E-state index contributed by atoms with van der Waals surface area (Å²) < 4.78 is 1.97. The van der Waals surface area contributed by atoms with E-state index in [1.807, 2.05) is 77.5 Å². The molecule has 0 bridgehead atoms. The molecule has 112 valence electrons. The molecule has 0 aliphatic rings. The Morgan fingerprint density at radius 3 is 2.22 bits per heavy atom. The standard InChI is InChI=1S/C21H18NO/c23-21(19-13-5-2-6-14-19)20-15-7-8-16-22(20)17-9-12-18-10-3-1-4-11-18/h1-16H,17H2/q+1. The normalized spacial score (nSPS) is 10.8. The lowest BCUT2D eigenvalue weighted by Gasteiger charge is -2.01. The van der Waals surface area contributed by atoms with Gasteiger partial charge in [0, 0.05) is 17.7 Å². The lowest BCUT2D eigenvalue weighted by atomic mass is 10.1. The van der Waals surface area contributed by atoms with Crippen LogP contribution < -0.4 is 4.57 Å². The molecule has 0 N–H and O–H groups in total. The van der Waals surface area contributed by atoms with Crippen molar-refractivity contribution in [3.63, 3.8) is 0 Å². The molecule has 0 amide bonds. The van der Waals surface area contributed by atoms with E-state index in [-0.39, 0.29) is 5.78 Å². The second-order valence-electron chi connectivity index (χ2n) is 5.25. The van der Waals surface area contributed by atoms with Crippen LogP contribution in [0.1, 0.15) is 21.6 Å². The van der Waals surface area contributed by atoms with Gasteiger partial charge in [0.15, 0.2) is 12.7 Å². The highest BCUT2D eigenvalue weighted by Crippen LogP contribution is 2.06. The quantitative estimate of drug-likeness (QED) is 0.517. The fourth-order valence-electron chi connectivity index (χ4n) is 2.45. The molecule has 0 atom stereocenters. The highest BCUT2D eigenvalue weighted by molar-refractivity contribution is 6.06. The first-order chi connectivity index (χ1) is 11.3. The van der Waals surface area contributed by atoms with Crippen molar-refractivity contribution in [1.82, 2.24) is 0 Å². The zero-order valence-corrected chi connectivity index (χ0v) is 12.8. The Morgan fingerprint density at radius 2 is 1.48 bits per heavy atom. The zero-order valence-electron chi connectivity index (χ0n) is 12.8. The molecule has 1 aromatic heterocycles. The molecule has 0 radical (unpaired) electrons. The number of allylic oxidation sites excluding steroid dienone is 1. The Balaban J connectivity index is 1.81. The van der Waals surface area contributed by atoms with E-state index >= 15 is 0 Å². The van der Waals surface area contributed by atoms with Gasteiger partial charge in [-0.2, -0.15) is 4.57 Å². The molecule has 0 saturated heterocycles. The molecule has 3 aromatic rings. The maximum Gasteiger partial charge on any atom is 0.256 e. The Labute approximate surface area is 136 Å². The first-order valence-corrected chi connectivity index (χ1v) is 7.64. The summed E-state index contributed by atoms with van der Waals surface area (Å²) in [6, 6.07) is 25.2. The Bertz CT molecular complexity index is 808. The highest BCUT2D eigenvalue weighted by atomic mass is 16.1. The minimum Gasteiger partial charge on any atom is -0.282 e. The van der Waals surface area contributed by atoms with Crippen molar-refractivity contribution in [3.05, 3.63) is 108 Å². The number of ketones is 1. The van der Waals surface area contributed by atoms with E-state index in [9.17, 15) is 4.79 Å². The summed E-state index contributed by atoms with van der Waals surface area (Å²) in [5.74, 6) is 0.0410. The Hall–Kier alpha value is -3.00. The van der Waals surface area contributed by atoms with Crippen molar-refractivity contribution < 1.29 is 9.36 Å². The second-order valence-corrected chi connectivity index (χ2v) is 5.25. The molecule has 2 aromatic carbocycles. The molecule has 0 unspecified atom stereocenters. The second kappa shape index (κ2) is 7.32. The largest absolute Gasteiger partial charge is 0.282 e. The molecule has 0 fully saturated rings. The van der Waals surface area contributed by atoms with E-state index in [0.29, 0.717) is 17.8 Å². The fourth-order valence-corrected chi connectivity index (χ4v) is 2.45. The van der Waals surface area contributed by atoms with Crippen LogP contribution in [0.15, 0.2) is 91.1 Å². The van der Waals surface area contributed by atoms with Gasteiger partial charge in [0.05, 0.1) is 0 Å². The van der Waals surface area contributed by atoms with E-state index in [1.54, 1.807) is 0 Å². The SMILES string of the molecule is O=C(c1ccccc1)c1cccc[n+]1CC=Cc1ccccc1. The molecule has 3 rings (SSSR count). The number of hydrogen-bond donors (Lipinski definition) is 0. The third kappa shape index (κ3) is 3.80. The van der Waals surface area contributed by atoms with Crippen molar-refractivity contribution >= 4 is 11.9 Å². The van der Waals surface area contributed by atoms with Gasteiger partial charge in [-0.25, -0.2) is 0 Å². The van der Waals surface area contributed by atoms with Gasteiger partial charge in [0.25, 0.3) is 11.5 Å². The fraction of sp³-hybridized carbons (Fsp3) is 0.0476. The summed E-state index contributed by atoms with van der Waals surface area (Å²) in [6.07, 6.45) is 6.07. The predicted molar refractivity (Wildman–Crippen MR) is 92.0 cm³/mol. The van der Waals surface area contributed by atoms with Crippen molar-refractivity contribution in [2.24, 2.45) is 0 Å². The molecule has 0 aliphatic carbocycles. The lowest BCUT2D eigenvalue weighted by molar-refractivity contribution is -0.688. The van der Waals surface area contributed by atoms with E-state index in [0.717, 1.165) is 5.56 Å². The van der Waals surface area contributed by atoms with Crippen LogP contribution in [0.4, 0.5) is 0 Å². The number of carbonyl (C=O) groups excluding carboxylic acids is 1. The van der Waals surface area contributed by atoms with E-state index in [4.69, 9.17) is 0 Å². The van der Waals surface area contributed by atoms with Gasteiger partial charge in [0.2, 0.25) is 0 Å². The van der Waals surface area contributed by atoms with Crippen LogP contribution in [0.3, 0.4) is 0 Å². The number of hydrogen-bond acceptors (Lipinski definition) is 1. The molecular weight excluding hydrogens is 282 g/mol. The third-order valence-corrected chi connectivity index (χ3v) is 3.62. The van der Waals surface area contributed by atoms with Crippen LogP contribution in [0.5, 0.6) is 0 Å². The van der Waals surface area contributed by atoms with Crippen LogP contribution in [0, 0.1) is 0 Å². The molecule has 0 saturated carbocycles. The summed E-state index contributed by atoms with van der Waals surface area (Å²) in [7, 11) is 0. The van der Waals surface area contributed by atoms with E-state index in [2.05, 4.69) is 24.3 Å². The molecule has 1 heterocycles. The molecule has 2 heteroatoms. The minimum atomic E-state index is 0.0410. The summed E-state index contributed by atoms with van der Waals surface area (Å²) in [6.45, 7) is 0.656. The Morgan fingerprint density at radius 1 is 0.826 bits per heavy atom. The topological polar surface area (TPSA) is 20.9 Å². The van der Waals surface area contributed by atoms with Crippen LogP contribution in [0.25, 0.3) is 6.08 Å². The molecule has 23 heavy (non-hydrogen) atoms.